The molecule has 1 amide bonds. The van der Waals surface area contributed by atoms with Gasteiger partial charge in [0.2, 0.25) is 11.9 Å². The van der Waals surface area contributed by atoms with Crippen molar-refractivity contribution in [2.75, 3.05) is 17.9 Å². The molecule has 0 spiro atoms. The maximum absolute atomic E-state index is 12.7. The Bertz CT molecular complexity index is 1310. The molecule has 1 heterocycles. The number of carbonyl (C=O) groups is 2. The van der Waals surface area contributed by atoms with Crippen LogP contribution < -0.4 is 27.1 Å². The molecule has 0 atom stereocenters. The number of carbonyl (C=O) groups excluding carboxylic acids is 1. The molecule has 7 N–H and O–H groups in total. The van der Waals surface area contributed by atoms with E-state index in [1.807, 2.05) is 0 Å². The van der Waals surface area contributed by atoms with Crippen LogP contribution in [0.15, 0.2) is 55.7 Å². The summed E-state index contributed by atoms with van der Waals surface area (Å²) >= 11 is 3.21. The minimum atomic E-state index is -5.08. The van der Waals surface area contributed by atoms with Gasteiger partial charge in [0.05, 0.1) is 11.4 Å². The number of oxime groups is 1. The number of aryl methyl sites for hydroxylation is 1. The van der Waals surface area contributed by atoms with Crippen LogP contribution in [0.25, 0.3) is 0 Å². The largest absolute Gasteiger partial charge is 0.490 e. The number of pyridine rings is 1. The predicted octanol–water partition coefficient (Wildman–Crippen LogP) is 0.675. The number of halogens is 4. The van der Waals surface area contributed by atoms with E-state index in [0.717, 1.165) is 4.57 Å². The van der Waals surface area contributed by atoms with Crippen LogP contribution in [-0.4, -0.2) is 55.3 Å². The summed E-state index contributed by atoms with van der Waals surface area (Å²) in [6, 6.07) is 8.94. The van der Waals surface area contributed by atoms with Crippen molar-refractivity contribution in [2.24, 2.45) is 16.6 Å². The number of anilines is 1. The average molecular weight is 615 g/mol. The molecule has 0 aliphatic rings. The Kier molecular flexibility index (Phi) is 11.4. The standard InChI is InChI=1S/C17H21BrN6O5S.C2HF3O2/c1-11-5-6-14(23-30(27,28)13-4-2-3-12(18)9-13)16(26)24(11)10-15(25)21-7-8-29-22-17(19)20;3-2(4,5)1(6)7/h2-6,9,23H,7-8,10H2,1H3,(H,21,25)(H4,19,20,22);(H,6,7). The van der Waals surface area contributed by atoms with E-state index in [2.05, 4.69) is 31.1 Å². The normalized spacial score (nSPS) is 10.9. The molecule has 0 aliphatic carbocycles. The molecular weight excluding hydrogens is 593 g/mol. The van der Waals surface area contributed by atoms with Gasteiger partial charge in [-0.25, -0.2) is 13.2 Å². The number of hydrogen-bond acceptors (Lipinski definition) is 7. The monoisotopic (exact) mass is 614 g/mol. The summed E-state index contributed by atoms with van der Waals surface area (Å²) in [4.78, 5) is 38.5. The van der Waals surface area contributed by atoms with Gasteiger partial charge in [0.25, 0.3) is 15.6 Å². The molecule has 0 bridgehead atoms. The van der Waals surface area contributed by atoms with Crippen molar-refractivity contribution >= 4 is 49.5 Å². The number of sulfonamides is 1. The summed E-state index contributed by atoms with van der Waals surface area (Å²) in [6.45, 7) is 1.46. The Labute approximate surface area is 216 Å². The maximum Gasteiger partial charge on any atom is 0.490 e. The van der Waals surface area contributed by atoms with Crippen molar-refractivity contribution < 1.29 is 41.1 Å². The summed E-state index contributed by atoms with van der Waals surface area (Å²) in [5, 5.41) is 13.0. The number of aliphatic carboxylic acids is 1. The highest BCUT2D eigenvalue weighted by Gasteiger charge is 2.38. The number of nitrogens with two attached hydrogens (primary N) is 2. The highest BCUT2D eigenvalue weighted by atomic mass is 79.9. The first-order chi connectivity index (χ1) is 17.0. The summed E-state index contributed by atoms with van der Waals surface area (Å²) in [6.07, 6.45) is -5.08. The van der Waals surface area contributed by atoms with Crippen molar-refractivity contribution in [1.29, 1.82) is 0 Å². The number of aromatic nitrogens is 1. The minimum Gasteiger partial charge on any atom is -0.475 e. The maximum atomic E-state index is 12.7. The van der Waals surface area contributed by atoms with Crippen LogP contribution in [0.1, 0.15) is 5.69 Å². The van der Waals surface area contributed by atoms with Crippen LogP contribution in [-0.2, 0) is 31.0 Å². The average Bonchev–Trinajstić information content (AvgIpc) is 2.78. The second kappa shape index (κ2) is 13.5. The van der Waals surface area contributed by atoms with E-state index in [1.165, 1.54) is 24.3 Å². The fourth-order valence-electron chi connectivity index (χ4n) is 2.34. The lowest BCUT2D eigenvalue weighted by molar-refractivity contribution is -0.192. The molecule has 1 aromatic heterocycles. The van der Waals surface area contributed by atoms with Crippen molar-refractivity contribution in [3.63, 3.8) is 0 Å². The lowest BCUT2D eigenvalue weighted by Crippen LogP contribution is -2.36. The van der Waals surface area contributed by atoms with Gasteiger partial charge in [0.1, 0.15) is 18.8 Å². The van der Waals surface area contributed by atoms with Crippen LogP contribution in [0.4, 0.5) is 18.9 Å². The van der Waals surface area contributed by atoms with Crippen LogP contribution in [0, 0.1) is 6.92 Å². The molecule has 37 heavy (non-hydrogen) atoms. The topological polar surface area (TPSA) is 208 Å². The second-order valence-corrected chi connectivity index (χ2v) is 9.44. The van der Waals surface area contributed by atoms with Crippen molar-refractivity contribution in [3.8, 4) is 0 Å². The van der Waals surface area contributed by atoms with E-state index in [-0.39, 0.29) is 36.2 Å². The first kappa shape index (κ1) is 31.2. The van der Waals surface area contributed by atoms with Gasteiger partial charge in [0.15, 0.2) is 0 Å². The first-order valence-corrected chi connectivity index (χ1v) is 12.1. The molecule has 0 aliphatic heterocycles. The van der Waals surface area contributed by atoms with Gasteiger partial charge < -0.3 is 31.3 Å². The number of benzene rings is 1. The Hall–Kier alpha value is -3.80. The molecule has 2 aromatic rings. The number of alkyl halides is 3. The van der Waals surface area contributed by atoms with Crippen molar-refractivity contribution in [2.45, 2.75) is 24.5 Å². The number of nitrogens with one attached hydrogen (secondary N) is 2. The molecule has 0 saturated heterocycles. The summed E-state index contributed by atoms with van der Waals surface area (Å²) in [7, 11) is -3.99. The van der Waals surface area contributed by atoms with E-state index >= 15 is 0 Å². The smallest absolute Gasteiger partial charge is 0.475 e. The van der Waals surface area contributed by atoms with E-state index in [9.17, 15) is 31.2 Å². The third-order valence-electron chi connectivity index (χ3n) is 3.97. The number of guanidine groups is 1. The number of amides is 1. The zero-order chi connectivity index (χ0) is 28.4. The van der Waals surface area contributed by atoms with Gasteiger partial charge >= 0.3 is 12.1 Å². The number of rotatable bonds is 9. The fourth-order valence-corrected chi connectivity index (χ4v) is 3.99. The first-order valence-electron chi connectivity index (χ1n) is 9.81. The number of hydrogen-bond donors (Lipinski definition) is 5. The lowest BCUT2D eigenvalue weighted by Gasteiger charge is -2.13. The Morgan fingerprint density at radius 1 is 1.22 bits per heavy atom. The minimum absolute atomic E-state index is 0.0121. The van der Waals surface area contributed by atoms with Gasteiger partial charge in [-0.1, -0.05) is 22.0 Å². The second-order valence-electron chi connectivity index (χ2n) is 6.84. The zero-order valence-corrected chi connectivity index (χ0v) is 21.4. The Balaban J connectivity index is 0.000000856. The SMILES string of the molecule is Cc1ccc(NS(=O)(=O)c2cccc(Br)c2)c(=O)n1CC(=O)NCCON=C(N)N.O=C(O)C(F)(F)F. The third-order valence-corrected chi connectivity index (χ3v) is 5.83. The highest BCUT2D eigenvalue weighted by molar-refractivity contribution is 9.10. The highest BCUT2D eigenvalue weighted by Crippen LogP contribution is 2.18. The van der Waals surface area contributed by atoms with Gasteiger partial charge in [0, 0.05) is 10.2 Å². The van der Waals surface area contributed by atoms with Crippen LogP contribution in [0.5, 0.6) is 0 Å². The van der Waals surface area contributed by atoms with Crippen molar-refractivity contribution in [3.05, 3.63) is 56.9 Å². The van der Waals surface area contributed by atoms with E-state index in [0.29, 0.717) is 10.2 Å². The van der Waals surface area contributed by atoms with E-state index in [4.69, 9.17) is 26.2 Å². The van der Waals surface area contributed by atoms with Crippen molar-refractivity contribution in [1.82, 2.24) is 9.88 Å². The van der Waals surface area contributed by atoms with Crippen LogP contribution in [0.3, 0.4) is 0 Å². The summed E-state index contributed by atoms with van der Waals surface area (Å²) in [5.74, 6) is -3.47. The fraction of sp³-hybridized carbons (Fsp3) is 0.263. The molecule has 204 valence electrons. The Morgan fingerprint density at radius 2 is 1.84 bits per heavy atom. The molecule has 0 fully saturated rings. The molecule has 0 saturated carbocycles. The summed E-state index contributed by atoms with van der Waals surface area (Å²) < 4.78 is 60.9. The molecular formula is C19H22BrF3N6O7S. The Morgan fingerprint density at radius 3 is 2.38 bits per heavy atom. The van der Waals surface area contributed by atoms with Crippen LogP contribution in [0.2, 0.25) is 0 Å². The predicted molar refractivity (Wildman–Crippen MR) is 129 cm³/mol. The molecule has 18 heteroatoms. The number of nitrogens with zero attached hydrogens (tertiary/aromatic N) is 2. The van der Waals surface area contributed by atoms with E-state index < -0.39 is 33.6 Å². The van der Waals surface area contributed by atoms with Crippen LogP contribution >= 0.6 is 15.9 Å². The summed E-state index contributed by atoms with van der Waals surface area (Å²) in [5.41, 5.74) is 9.85. The lowest BCUT2D eigenvalue weighted by atomic mass is 10.3. The molecule has 1 aromatic carbocycles. The number of carboxylic acid groups (broad SMARTS) is 1. The molecule has 13 nitrogen and oxygen atoms in total. The molecule has 0 radical (unpaired) electrons. The molecule has 2 rings (SSSR count). The molecule has 0 unspecified atom stereocenters. The van der Waals surface area contributed by atoms with Gasteiger partial charge in [-0.15, -0.1) is 0 Å². The van der Waals surface area contributed by atoms with Gasteiger partial charge in [-0.2, -0.15) is 13.2 Å². The zero-order valence-electron chi connectivity index (χ0n) is 19.0. The van der Waals surface area contributed by atoms with E-state index in [1.54, 1.807) is 19.1 Å². The third kappa shape index (κ3) is 10.8. The quantitative estimate of drug-likeness (QED) is 0.116. The number of carboxylic acids is 1. The van der Waals surface area contributed by atoms with Gasteiger partial charge in [-0.3, -0.25) is 14.3 Å². The van der Waals surface area contributed by atoms with Gasteiger partial charge in [-0.05, 0) is 42.4 Å².